The van der Waals surface area contributed by atoms with Crippen LogP contribution in [0.4, 0.5) is 0 Å². The van der Waals surface area contributed by atoms with Crippen molar-refractivity contribution >= 4 is 27.3 Å². The molecule has 0 radical (unpaired) electrons. The van der Waals surface area contributed by atoms with E-state index in [0.29, 0.717) is 0 Å². The number of H-pyrrole nitrogens is 1. The van der Waals surface area contributed by atoms with Crippen LogP contribution >= 0.6 is 11.3 Å². The Balaban J connectivity index is 1.69. The normalized spacial score (nSPS) is 12.2. The first-order chi connectivity index (χ1) is 10.6. The van der Waals surface area contributed by atoms with Gasteiger partial charge < -0.3 is 15.4 Å². The van der Waals surface area contributed by atoms with Crippen molar-refractivity contribution in [2.45, 2.75) is 6.10 Å². The summed E-state index contributed by atoms with van der Waals surface area (Å²) in [6.45, 7) is 0.0555. The smallest absolute Gasteiger partial charge is 0.260 e. The third kappa shape index (κ3) is 2.93. The van der Waals surface area contributed by atoms with Crippen molar-refractivity contribution in [3.8, 4) is 0 Å². The number of carbonyl (C=O) groups is 1. The molecule has 1 aromatic carbocycles. The predicted octanol–water partition coefficient (Wildman–Crippen LogP) is 2.05. The van der Waals surface area contributed by atoms with Gasteiger partial charge in [0, 0.05) is 22.3 Å². The van der Waals surface area contributed by atoms with Crippen molar-refractivity contribution in [2.75, 3.05) is 6.54 Å². The maximum atomic E-state index is 11.9. The monoisotopic (exact) mass is 314 g/mol. The van der Waals surface area contributed by atoms with Gasteiger partial charge in [-0.2, -0.15) is 0 Å². The quantitative estimate of drug-likeness (QED) is 0.689. The zero-order valence-corrected chi connectivity index (χ0v) is 12.4. The molecule has 1 unspecified atom stereocenters. The SMILES string of the molecule is O=C(NCC(O)c1cc2ccccc2s1)c1ccc[nH]c1=O. The highest BCUT2D eigenvalue weighted by molar-refractivity contribution is 7.19. The fraction of sp³-hybridized carbons (Fsp3) is 0.125. The largest absolute Gasteiger partial charge is 0.386 e. The molecule has 0 saturated heterocycles. The van der Waals surface area contributed by atoms with Gasteiger partial charge in [-0.3, -0.25) is 9.59 Å². The number of thiophene rings is 1. The van der Waals surface area contributed by atoms with E-state index in [2.05, 4.69) is 10.3 Å². The number of carbonyl (C=O) groups excluding carboxylic acids is 1. The summed E-state index contributed by atoms with van der Waals surface area (Å²) >= 11 is 1.49. The van der Waals surface area contributed by atoms with Gasteiger partial charge in [0.1, 0.15) is 11.7 Å². The van der Waals surface area contributed by atoms with Crippen molar-refractivity contribution in [3.63, 3.8) is 0 Å². The second-order valence-electron chi connectivity index (χ2n) is 4.83. The van der Waals surface area contributed by atoms with Crippen LogP contribution in [0.25, 0.3) is 10.1 Å². The molecular formula is C16H14N2O3S. The van der Waals surface area contributed by atoms with E-state index >= 15 is 0 Å². The molecule has 1 amide bonds. The molecule has 0 bridgehead atoms. The lowest BCUT2D eigenvalue weighted by Crippen LogP contribution is -2.32. The molecule has 3 N–H and O–H groups in total. The molecule has 22 heavy (non-hydrogen) atoms. The number of aliphatic hydroxyl groups excluding tert-OH is 1. The second-order valence-corrected chi connectivity index (χ2v) is 5.94. The van der Waals surface area contributed by atoms with Crippen LogP contribution in [0.2, 0.25) is 0 Å². The molecule has 0 fully saturated rings. The number of pyridine rings is 1. The van der Waals surface area contributed by atoms with Crippen molar-refractivity contribution in [3.05, 3.63) is 69.5 Å². The summed E-state index contributed by atoms with van der Waals surface area (Å²) in [5, 5.41) is 13.8. The summed E-state index contributed by atoms with van der Waals surface area (Å²) in [7, 11) is 0. The first-order valence-electron chi connectivity index (χ1n) is 6.77. The van der Waals surface area contributed by atoms with Gasteiger partial charge in [0.15, 0.2) is 0 Å². The van der Waals surface area contributed by atoms with Gasteiger partial charge in [0.2, 0.25) is 0 Å². The Morgan fingerprint density at radius 3 is 2.86 bits per heavy atom. The zero-order valence-electron chi connectivity index (χ0n) is 11.6. The highest BCUT2D eigenvalue weighted by atomic mass is 32.1. The van der Waals surface area contributed by atoms with Crippen LogP contribution in [0.1, 0.15) is 21.3 Å². The van der Waals surface area contributed by atoms with E-state index in [1.54, 1.807) is 6.07 Å². The van der Waals surface area contributed by atoms with Crippen LogP contribution in [0, 0.1) is 0 Å². The predicted molar refractivity (Wildman–Crippen MR) is 86.2 cm³/mol. The Kier molecular flexibility index (Phi) is 4.04. The van der Waals surface area contributed by atoms with E-state index in [1.807, 2.05) is 30.3 Å². The van der Waals surface area contributed by atoms with E-state index in [-0.39, 0.29) is 12.1 Å². The lowest BCUT2D eigenvalue weighted by molar-refractivity contribution is 0.0916. The number of nitrogens with one attached hydrogen (secondary N) is 2. The minimum atomic E-state index is -0.802. The summed E-state index contributed by atoms with van der Waals surface area (Å²) < 4.78 is 1.09. The number of amides is 1. The standard InChI is InChI=1S/C16H14N2O3S/c19-12(14-8-10-4-1-2-6-13(10)22-14)9-18-16(21)11-5-3-7-17-15(11)20/h1-8,12,19H,9H2,(H,17,20)(H,18,21). The molecule has 0 aliphatic heterocycles. The fourth-order valence-corrected chi connectivity index (χ4v) is 3.20. The van der Waals surface area contributed by atoms with Crippen LogP contribution in [-0.2, 0) is 0 Å². The number of aliphatic hydroxyl groups is 1. The summed E-state index contributed by atoms with van der Waals surface area (Å²) in [4.78, 5) is 26.7. The summed E-state index contributed by atoms with van der Waals surface area (Å²) in [6, 6.07) is 12.8. The second kappa shape index (κ2) is 6.13. The molecule has 0 aliphatic rings. The van der Waals surface area contributed by atoms with Crippen molar-refractivity contribution < 1.29 is 9.90 Å². The minimum Gasteiger partial charge on any atom is -0.386 e. The molecule has 2 heterocycles. The lowest BCUT2D eigenvalue weighted by Gasteiger charge is -2.09. The Bertz CT molecular complexity index is 836. The summed E-state index contributed by atoms with van der Waals surface area (Å²) in [5.41, 5.74) is -0.414. The van der Waals surface area contributed by atoms with E-state index in [1.165, 1.54) is 23.6 Å². The molecule has 2 aromatic heterocycles. The zero-order chi connectivity index (χ0) is 15.5. The fourth-order valence-electron chi connectivity index (χ4n) is 2.15. The Morgan fingerprint density at radius 2 is 2.09 bits per heavy atom. The number of hydrogen-bond donors (Lipinski definition) is 3. The van der Waals surface area contributed by atoms with Crippen molar-refractivity contribution in [2.24, 2.45) is 0 Å². The first kappa shape index (κ1) is 14.5. The molecule has 112 valence electrons. The molecule has 1 atom stereocenters. The van der Waals surface area contributed by atoms with E-state index < -0.39 is 17.6 Å². The number of rotatable bonds is 4. The van der Waals surface area contributed by atoms with Gasteiger partial charge in [0.25, 0.3) is 11.5 Å². The minimum absolute atomic E-state index is 0.0334. The third-order valence-electron chi connectivity index (χ3n) is 3.29. The Labute approximate surface area is 130 Å². The average molecular weight is 314 g/mol. The van der Waals surface area contributed by atoms with Gasteiger partial charge in [-0.1, -0.05) is 18.2 Å². The molecule has 3 rings (SSSR count). The number of hydrogen-bond acceptors (Lipinski definition) is 4. The van der Waals surface area contributed by atoms with E-state index in [4.69, 9.17) is 0 Å². The number of aromatic amines is 1. The van der Waals surface area contributed by atoms with Crippen LogP contribution in [-0.4, -0.2) is 22.5 Å². The lowest BCUT2D eigenvalue weighted by atomic mass is 10.2. The molecule has 0 saturated carbocycles. The van der Waals surface area contributed by atoms with E-state index in [9.17, 15) is 14.7 Å². The van der Waals surface area contributed by atoms with E-state index in [0.717, 1.165) is 15.0 Å². The molecule has 0 aliphatic carbocycles. The van der Waals surface area contributed by atoms with Crippen LogP contribution in [0.3, 0.4) is 0 Å². The van der Waals surface area contributed by atoms with Crippen LogP contribution < -0.4 is 10.9 Å². The maximum Gasteiger partial charge on any atom is 0.260 e. The highest BCUT2D eigenvalue weighted by Gasteiger charge is 2.15. The Morgan fingerprint density at radius 1 is 1.27 bits per heavy atom. The third-order valence-corrected chi connectivity index (χ3v) is 4.51. The topological polar surface area (TPSA) is 82.2 Å². The molecule has 3 aromatic rings. The average Bonchev–Trinajstić information content (AvgIpc) is 2.97. The van der Waals surface area contributed by atoms with Crippen molar-refractivity contribution in [1.29, 1.82) is 0 Å². The van der Waals surface area contributed by atoms with Gasteiger partial charge >= 0.3 is 0 Å². The maximum absolute atomic E-state index is 11.9. The first-order valence-corrected chi connectivity index (χ1v) is 7.59. The van der Waals surface area contributed by atoms with Gasteiger partial charge in [-0.05, 0) is 29.7 Å². The van der Waals surface area contributed by atoms with Crippen LogP contribution in [0.5, 0.6) is 0 Å². The highest BCUT2D eigenvalue weighted by Crippen LogP contribution is 2.29. The molecular weight excluding hydrogens is 300 g/mol. The van der Waals surface area contributed by atoms with Crippen LogP contribution in [0.15, 0.2) is 53.5 Å². The van der Waals surface area contributed by atoms with Crippen molar-refractivity contribution in [1.82, 2.24) is 10.3 Å². The molecule has 0 spiro atoms. The summed E-state index contributed by atoms with van der Waals surface area (Å²) in [6.07, 6.45) is 0.662. The Hall–Kier alpha value is -2.44. The molecule has 6 heteroatoms. The molecule has 5 nitrogen and oxygen atoms in total. The van der Waals surface area contributed by atoms with Gasteiger partial charge in [0.05, 0.1) is 0 Å². The summed E-state index contributed by atoms with van der Waals surface area (Å²) in [5.74, 6) is -0.498. The number of benzene rings is 1. The van der Waals surface area contributed by atoms with Gasteiger partial charge in [-0.15, -0.1) is 11.3 Å². The number of fused-ring (bicyclic) bond motifs is 1. The van der Waals surface area contributed by atoms with Gasteiger partial charge in [-0.25, -0.2) is 0 Å². The number of aromatic nitrogens is 1.